The van der Waals surface area contributed by atoms with Gasteiger partial charge in [0.05, 0.1) is 13.0 Å². The van der Waals surface area contributed by atoms with Crippen LogP contribution in [0.4, 0.5) is 0 Å². The van der Waals surface area contributed by atoms with Gasteiger partial charge in [-0.3, -0.25) is 9.59 Å². The third-order valence-electron chi connectivity index (χ3n) is 3.66. The zero-order valence-corrected chi connectivity index (χ0v) is 14.9. The summed E-state index contributed by atoms with van der Waals surface area (Å²) in [6.07, 6.45) is 0.185. The van der Waals surface area contributed by atoms with Crippen molar-refractivity contribution in [2.75, 3.05) is 13.2 Å². The number of carbonyl (C=O) groups excluding carboxylic acids is 2. The first-order valence-corrected chi connectivity index (χ1v) is 8.49. The van der Waals surface area contributed by atoms with Crippen LogP contribution in [0.25, 0.3) is 0 Å². The molecule has 0 bridgehead atoms. The Bertz CT molecular complexity index is 712. The summed E-state index contributed by atoms with van der Waals surface area (Å²) in [5, 5.41) is 2.81. The zero-order valence-electron chi connectivity index (χ0n) is 14.9. The molecule has 6 nitrogen and oxygen atoms in total. The zero-order chi connectivity index (χ0) is 18.8. The molecule has 0 aliphatic rings. The highest BCUT2D eigenvalue weighted by atomic mass is 16.5. The second kappa shape index (κ2) is 10.2. The van der Waals surface area contributed by atoms with Crippen LogP contribution in [0.1, 0.15) is 23.6 Å². The van der Waals surface area contributed by atoms with Gasteiger partial charge >= 0.3 is 0 Å². The fourth-order valence-electron chi connectivity index (χ4n) is 2.28. The minimum absolute atomic E-state index is 0.0718. The molecule has 2 aromatic rings. The van der Waals surface area contributed by atoms with E-state index in [-0.39, 0.29) is 24.8 Å². The first kappa shape index (κ1) is 19.5. The largest absolute Gasteiger partial charge is 0.484 e. The van der Waals surface area contributed by atoms with Gasteiger partial charge in [-0.2, -0.15) is 0 Å². The maximum Gasteiger partial charge on any atom is 0.258 e. The lowest BCUT2D eigenvalue weighted by atomic mass is 10.1. The maximum absolute atomic E-state index is 11.9. The molecule has 0 aliphatic carbocycles. The molecule has 0 unspecified atom stereocenters. The summed E-state index contributed by atoms with van der Waals surface area (Å²) in [5.41, 5.74) is 8.06. The highest BCUT2D eigenvalue weighted by molar-refractivity contribution is 5.77. The van der Waals surface area contributed by atoms with Gasteiger partial charge in [0, 0.05) is 13.2 Å². The highest BCUT2D eigenvalue weighted by Crippen LogP contribution is 2.12. The van der Waals surface area contributed by atoms with Crippen molar-refractivity contribution in [2.24, 2.45) is 5.73 Å². The fourth-order valence-corrected chi connectivity index (χ4v) is 2.28. The van der Waals surface area contributed by atoms with E-state index in [1.165, 1.54) is 0 Å². The second-order valence-corrected chi connectivity index (χ2v) is 5.81. The van der Waals surface area contributed by atoms with Gasteiger partial charge in [-0.1, -0.05) is 36.4 Å². The molecule has 0 aliphatic heterocycles. The Balaban J connectivity index is 1.72. The predicted octanol–water partition coefficient (Wildman–Crippen LogP) is 1.95. The van der Waals surface area contributed by atoms with Crippen molar-refractivity contribution in [1.82, 2.24) is 5.32 Å². The number of primary amides is 1. The van der Waals surface area contributed by atoms with Gasteiger partial charge in [-0.05, 0) is 35.7 Å². The summed E-state index contributed by atoms with van der Waals surface area (Å²) in [7, 11) is 0. The minimum Gasteiger partial charge on any atom is -0.484 e. The Morgan fingerprint density at radius 1 is 0.962 bits per heavy atom. The van der Waals surface area contributed by atoms with Gasteiger partial charge in [-0.15, -0.1) is 0 Å². The molecule has 0 radical (unpaired) electrons. The first-order valence-electron chi connectivity index (χ1n) is 8.49. The maximum atomic E-state index is 11.9. The molecular weight excluding hydrogens is 332 g/mol. The van der Waals surface area contributed by atoms with Crippen molar-refractivity contribution in [3.63, 3.8) is 0 Å². The van der Waals surface area contributed by atoms with E-state index in [4.69, 9.17) is 15.2 Å². The Labute approximate surface area is 153 Å². The van der Waals surface area contributed by atoms with Crippen molar-refractivity contribution >= 4 is 11.8 Å². The van der Waals surface area contributed by atoms with Crippen LogP contribution < -0.4 is 15.8 Å². The van der Waals surface area contributed by atoms with Crippen molar-refractivity contribution in [2.45, 2.75) is 26.5 Å². The highest BCUT2D eigenvalue weighted by Gasteiger charge is 2.04. The van der Waals surface area contributed by atoms with E-state index in [1.807, 2.05) is 31.2 Å². The average molecular weight is 356 g/mol. The summed E-state index contributed by atoms with van der Waals surface area (Å²) in [4.78, 5) is 22.7. The molecule has 0 spiro atoms. The molecule has 0 saturated carbocycles. The molecule has 0 fully saturated rings. The Morgan fingerprint density at radius 2 is 1.58 bits per heavy atom. The van der Waals surface area contributed by atoms with Crippen LogP contribution in [0, 0.1) is 0 Å². The molecule has 2 aromatic carbocycles. The first-order chi connectivity index (χ1) is 12.6. The Morgan fingerprint density at radius 3 is 2.19 bits per heavy atom. The number of amides is 2. The van der Waals surface area contributed by atoms with Crippen molar-refractivity contribution in [1.29, 1.82) is 0 Å². The smallest absolute Gasteiger partial charge is 0.258 e. The number of benzene rings is 2. The van der Waals surface area contributed by atoms with Gasteiger partial charge < -0.3 is 20.5 Å². The molecule has 0 atom stereocenters. The van der Waals surface area contributed by atoms with E-state index in [1.54, 1.807) is 24.3 Å². The molecule has 0 saturated heterocycles. The summed E-state index contributed by atoms with van der Waals surface area (Å²) in [6, 6.07) is 14.8. The number of rotatable bonds is 10. The normalized spacial score (nSPS) is 10.3. The average Bonchev–Trinajstić information content (AvgIpc) is 2.64. The lowest BCUT2D eigenvalue weighted by Crippen LogP contribution is -2.28. The number of ether oxygens (including phenoxy) is 2. The van der Waals surface area contributed by atoms with Crippen LogP contribution in [0.5, 0.6) is 5.75 Å². The SMILES string of the molecule is CCOCc1ccc(CNC(=O)COc2ccc(CC(N)=O)cc2)cc1. The molecule has 138 valence electrons. The monoisotopic (exact) mass is 356 g/mol. The van der Waals surface area contributed by atoms with Crippen molar-refractivity contribution in [3.8, 4) is 5.75 Å². The molecule has 0 heterocycles. The number of carbonyl (C=O) groups is 2. The summed E-state index contributed by atoms with van der Waals surface area (Å²) >= 11 is 0. The van der Waals surface area contributed by atoms with Crippen LogP contribution in [0.15, 0.2) is 48.5 Å². The molecule has 6 heteroatoms. The molecule has 2 rings (SSSR count). The van der Waals surface area contributed by atoms with Crippen molar-refractivity contribution in [3.05, 3.63) is 65.2 Å². The predicted molar refractivity (Wildman–Crippen MR) is 98.5 cm³/mol. The second-order valence-electron chi connectivity index (χ2n) is 5.81. The number of nitrogens with two attached hydrogens (primary N) is 1. The van der Waals surface area contributed by atoms with E-state index in [0.717, 1.165) is 16.7 Å². The molecule has 2 amide bonds. The summed E-state index contributed by atoms with van der Waals surface area (Å²) < 4.78 is 10.8. The third-order valence-corrected chi connectivity index (χ3v) is 3.66. The standard InChI is InChI=1S/C20H24N2O4/c1-2-25-13-17-5-3-16(4-6-17)12-22-20(24)14-26-18-9-7-15(8-10-18)11-19(21)23/h3-10H,2,11-14H2,1H3,(H2,21,23)(H,22,24). The van der Waals surface area contributed by atoms with E-state index >= 15 is 0 Å². The Hall–Kier alpha value is -2.86. The third kappa shape index (κ3) is 6.94. The van der Waals surface area contributed by atoms with Crippen LogP contribution >= 0.6 is 0 Å². The number of hydrogen-bond donors (Lipinski definition) is 2. The van der Waals surface area contributed by atoms with E-state index in [9.17, 15) is 9.59 Å². The van der Waals surface area contributed by atoms with Crippen LogP contribution in [-0.4, -0.2) is 25.0 Å². The van der Waals surface area contributed by atoms with E-state index in [2.05, 4.69) is 5.32 Å². The van der Waals surface area contributed by atoms with Crippen LogP contribution in [0.3, 0.4) is 0 Å². The van der Waals surface area contributed by atoms with Gasteiger partial charge in [-0.25, -0.2) is 0 Å². The lowest BCUT2D eigenvalue weighted by Gasteiger charge is -2.09. The van der Waals surface area contributed by atoms with Crippen LogP contribution in [-0.2, 0) is 33.9 Å². The molecule has 3 N–H and O–H groups in total. The number of hydrogen-bond acceptors (Lipinski definition) is 4. The number of nitrogens with one attached hydrogen (secondary N) is 1. The fraction of sp³-hybridized carbons (Fsp3) is 0.300. The quantitative estimate of drug-likeness (QED) is 0.681. The molecular formula is C20H24N2O4. The van der Waals surface area contributed by atoms with Gasteiger partial charge in [0.25, 0.3) is 5.91 Å². The summed E-state index contributed by atoms with van der Waals surface area (Å²) in [5.74, 6) is -0.0257. The topological polar surface area (TPSA) is 90.7 Å². The molecule has 26 heavy (non-hydrogen) atoms. The van der Waals surface area contributed by atoms with Crippen LogP contribution in [0.2, 0.25) is 0 Å². The van der Waals surface area contributed by atoms with Gasteiger partial charge in [0.2, 0.25) is 5.91 Å². The lowest BCUT2D eigenvalue weighted by molar-refractivity contribution is -0.123. The van der Waals surface area contributed by atoms with E-state index < -0.39 is 0 Å². The van der Waals surface area contributed by atoms with Crippen molar-refractivity contribution < 1.29 is 19.1 Å². The summed E-state index contributed by atoms with van der Waals surface area (Å²) in [6.45, 7) is 3.61. The van der Waals surface area contributed by atoms with Gasteiger partial charge in [0.15, 0.2) is 6.61 Å². The molecule has 0 aromatic heterocycles. The minimum atomic E-state index is -0.385. The van der Waals surface area contributed by atoms with E-state index in [0.29, 0.717) is 25.5 Å². The Kier molecular flexibility index (Phi) is 7.64. The van der Waals surface area contributed by atoms with Gasteiger partial charge in [0.1, 0.15) is 5.75 Å².